The van der Waals surface area contributed by atoms with Crippen LogP contribution < -0.4 is 11.1 Å². The van der Waals surface area contributed by atoms with E-state index in [0.29, 0.717) is 25.0 Å². The smallest absolute Gasteiger partial charge is 0.258 e. The highest BCUT2D eigenvalue weighted by atomic mass is 16.5. The fourth-order valence-electron chi connectivity index (χ4n) is 1.49. The monoisotopic (exact) mass is 278 g/mol. The van der Waals surface area contributed by atoms with Crippen LogP contribution in [0.5, 0.6) is 0 Å². The second-order valence-corrected chi connectivity index (χ2v) is 4.05. The molecule has 0 saturated heterocycles. The molecule has 0 spiro atoms. The van der Waals surface area contributed by atoms with Gasteiger partial charge < -0.3 is 15.8 Å². The van der Waals surface area contributed by atoms with Crippen molar-refractivity contribution >= 4 is 11.9 Å². The molecule has 0 aromatic carbocycles. The van der Waals surface area contributed by atoms with Gasteiger partial charge in [0.2, 0.25) is 11.9 Å². The molecule has 0 unspecified atom stereocenters. The number of hydrogen-bond acceptors (Lipinski definition) is 8. The molecule has 9 nitrogen and oxygen atoms in total. The Bertz CT molecular complexity index is 515. The summed E-state index contributed by atoms with van der Waals surface area (Å²) >= 11 is 0. The van der Waals surface area contributed by atoms with E-state index in [1.807, 2.05) is 0 Å². The van der Waals surface area contributed by atoms with E-state index in [0.717, 1.165) is 19.4 Å². The first-order valence-corrected chi connectivity index (χ1v) is 6.47. The van der Waals surface area contributed by atoms with Crippen LogP contribution in [0, 0.1) is 0 Å². The van der Waals surface area contributed by atoms with Gasteiger partial charge in [-0.15, -0.1) is 0 Å². The Morgan fingerprint density at radius 3 is 2.95 bits per heavy atom. The van der Waals surface area contributed by atoms with Crippen molar-refractivity contribution in [3.8, 4) is 5.95 Å². The number of nitrogens with one attached hydrogen (secondary N) is 1. The van der Waals surface area contributed by atoms with Gasteiger partial charge in [-0.05, 0) is 12.8 Å². The van der Waals surface area contributed by atoms with Crippen LogP contribution in [0.2, 0.25) is 0 Å². The quantitative estimate of drug-likeness (QED) is 0.660. The van der Waals surface area contributed by atoms with Gasteiger partial charge >= 0.3 is 0 Å². The number of rotatable bonds is 8. The molecule has 9 heteroatoms. The van der Waals surface area contributed by atoms with Crippen molar-refractivity contribution in [2.75, 3.05) is 30.8 Å². The average Bonchev–Trinajstić information content (AvgIpc) is 2.96. The molecule has 0 radical (unpaired) electrons. The number of ether oxygens (including phenoxy) is 1. The second-order valence-electron chi connectivity index (χ2n) is 4.05. The Morgan fingerprint density at radius 2 is 2.20 bits per heavy atom. The zero-order valence-electron chi connectivity index (χ0n) is 11.4. The van der Waals surface area contributed by atoms with E-state index in [-0.39, 0.29) is 5.95 Å². The van der Waals surface area contributed by atoms with Gasteiger partial charge in [-0.1, -0.05) is 6.92 Å². The van der Waals surface area contributed by atoms with Crippen LogP contribution in [0.25, 0.3) is 5.95 Å². The van der Waals surface area contributed by atoms with Crippen molar-refractivity contribution in [3.63, 3.8) is 0 Å². The maximum atomic E-state index is 5.65. The van der Waals surface area contributed by atoms with Crippen molar-refractivity contribution in [1.29, 1.82) is 0 Å². The number of nitrogens with two attached hydrogens (primary N) is 1. The molecule has 0 saturated carbocycles. The molecule has 2 rings (SSSR count). The van der Waals surface area contributed by atoms with Crippen LogP contribution in [0.1, 0.15) is 19.8 Å². The standard InChI is InChI=1S/C11H18N8O/c1-2-5-20-6-3-4-14-10-16-9(12)17-11(18-10)19-8-13-7-15-19/h7-8H,2-6H2,1H3,(H3,12,14,16,17,18). The van der Waals surface area contributed by atoms with Crippen molar-refractivity contribution in [2.45, 2.75) is 19.8 Å². The summed E-state index contributed by atoms with van der Waals surface area (Å²) < 4.78 is 6.81. The summed E-state index contributed by atoms with van der Waals surface area (Å²) in [6.45, 7) is 4.27. The lowest BCUT2D eigenvalue weighted by Gasteiger charge is -2.07. The minimum atomic E-state index is 0.134. The van der Waals surface area contributed by atoms with E-state index in [4.69, 9.17) is 10.5 Å². The molecule has 0 amide bonds. The Kier molecular flexibility index (Phi) is 5.18. The molecule has 20 heavy (non-hydrogen) atoms. The molecule has 0 bridgehead atoms. The molecule has 0 aliphatic carbocycles. The SMILES string of the molecule is CCCOCCCNc1nc(N)nc(-n2cncn2)n1. The number of nitrogen functional groups attached to an aromatic ring is 1. The summed E-state index contributed by atoms with van der Waals surface area (Å²) in [5.74, 6) is 0.883. The van der Waals surface area contributed by atoms with E-state index < -0.39 is 0 Å². The molecular weight excluding hydrogens is 260 g/mol. The lowest BCUT2D eigenvalue weighted by Crippen LogP contribution is -2.13. The maximum Gasteiger partial charge on any atom is 0.258 e. The normalized spacial score (nSPS) is 10.7. The molecule has 0 fully saturated rings. The number of aromatic nitrogens is 6. The van der Waals surface area contributed by atoms with Gasteiger partial charge in [-0.25, -0.2) is 4.98 Å². The summed E-state index contributed by atoms with van der Waals surface area (Å²) in [6.07, 6.45) is 4.79. The highest BCUT2D eigenvalue weighted by Crippen LogP contribution is 2.05. The predicted octanol–water partition coefficient (Wildman–Crippen LogP) is 0.263. The lowest BCUT2D eigenvalue weighted by molar-refractivity contribution is 0.134. The second kappa shape index (κ2) is 7.34. The van der Waals surface area contributed by atoms with E-state index in [2.05, 4.69) is 37.3 Å². The predicted molar refractivity (Wildman–Crippen MR) is 73.4 cm³/mol. The summed E-state index contributed by atoms with van der Waals surface area (Å²) in [7, 11) is 0. The van der Waals surface area contributed by atoms with Gasteiger partial charge in [-0.2, -0.15) is 24.7 Å². The van der Waals surface area contributed by atoms with Crippen LogP contribution in [0.4, 0.5) is 11.9 Å². The molecule has 3 N–H and O–H groups in total. The van der Waals surface area contributed by atoms with Crippen LogP contribution >= 0.6 is 0 Å². The number of hydrogen-bond donors (Lipinski definition) is 2. The molecule has 0 aliphatic rings. The molecule has 108 valence electrons. The van der Waals surface area contributed by atoms with E-state index >= 15 is 0 Å². The van der Waals surface area contributed by atoms with E-state index in [1.54, 1.807) is 0 Å². The third-order valence-corrected chi connectivity index (χ3v) is 2.36. The third kappa shape index (κ3) is 4.12. The van der Waals surface area contributed by atoms with Crippen LogP contribution in [-0.2, 0) is 4.74 Å². The first-order valence-electron chi connectivity index (χ1n) is 6.47. The van der Waals surface area contributed by atoms with Gasteiger partial charge in [0.15, 0.2) is 0 Å². The van der Waals surface area contributed by atoms with Gasteiger partial charge in [0.25, 0.3) is 5.95 Å². The van der Waals surface area contributed by atoms with Crippen LogP contribution in [0.3, 0.4) is 0 Å². The van der Waals surface area contributed by atoms with Gasteiger partial charge in [0, 0.05) is 19.8 Å². The average molecular weight is 278 g/mol. The van der Waals surface area contributed by atoms with E-state index in [1.165, 1.54) is 17.3 Å². The van der Waals surface area contributed by atoms with Gasteiger partial charge in [-0.3, -0.25) is 0 Å². The van der Waals surface area contributed by atoms with Crippen LogP contribution in [0.15, 0.2) is 12.7 Å². The minimum Gasteiger partial charge on any atom is -0.381 e. The van der Waals surface area contributed by atoms with Crippen molar-refractivity contribution in [2.24, 2.45) is 0 Å². The Balaban J connectivity index is 1.88. The molecular formula is C11H18N8O. The highest BCUT2D eigenvalue weighted by Gasteiger charge is 2.06. The highest BCUT2D eigenvalue weighted by molar-refractivity contribution is 5.34. The molecule has 2 aromatic heterocycles. The zero-order valence-corrected chi connectivity index (χ0v) is 11.4. The Labute approximate surface area is 116 Å². The van der Waals surface area contributed by atoms with Gasteiger partial charge in [0.05, 0.1) is 0 Å². The Morgan fingerprint density at radius 1 is 1.30 bits per heavy atom. The fourth-order valence-corrected chi connectivity index (χ4v) is 1.49. The van der Waals surface area contributed by atoms with Crippen molar-refractivity contribution in [3.05, 3.63) is 12.7 Å². The zero-order chi connectivity index (χ0) is 14.2. The summed E-state index contributed by atoms with van der Waals surface area (Å²) in [5, 5.41) is 7.03. The Hall–Kier alpha value is -2.29. The largest absolute Gasteiger partial charge is 0.381 e. The van der Waals surface area contributed by atoms with Crippen molar-refractivity contribution < 1.29 is 4.74 Å². The molecule has 2 heterocycles. The molecule has 2 aromatic rings. The van der Waals surface area contributed by atoms with Crippen molar-refractivity contribution in [1.82, 2.24) is 29.7 Å². The minimum absolute atomic E-state index is 0.134. The first-order chi connectivity index (χ1) is 9.79. The summed E-state index contributed by atoms with van der Waals surface area (Å²) in [4.78, 5) is 16.1. The topological polar surface area (TPSA) is 117 Å². The van der Waals surface area contributed by atoms with E-state index in [9.17, 15) is 0 Å². The number of nitrogens with zero attached hydrogens (tertiary/aromatic N) is 6. The van der Waals surface area contributed by atoms with Crippen LogP contribution in [-0.4, -0.2) is 49.5 Å². The first kappa shape index (κ1) is 14.1. The molecule has 0 atom stereocenters. The molecule has 0 aliphatic heterocycles. The maximum absolute atomic E-state index is 5.65. The third-order valence-electron chi connectivity index (χ3n) is 2.36. The summed E-state index contributed by atoms with van der Waals surface area (Å²) in [6, 6.07) is 0. The lowest BCUT2D eigenvalue weighted by atomic mass is 10.4. The summed E-state index contributed by atoms with van der Waals surface area (Å²) in [5.41, 5.74) is 5.65. The fraction of sp³-hybridized carbons (Fsp3) is 0.545. The van der Waals surface area contributed by atoms with Gasteiger partial charge in [0.1, 0.15) is 12.7 Å². The number of anilines is 2.